The van der Waals surface area contributed by atoms with Crippen LogP contribution in [-0.4, -0.2) is 22.5 Å². The van der Waals surface area contributed by atoms with Crippen molar-refractivity contribution in [3.63, 3.8) is 0 Å². The van der Waals surface area contributed by atoms with Crippen molar-refractivity contribution in [3.05, 3.63) is 35.4 Å². The van der Waals surface area contributed by atoms with E-state index in [0.29, 0.717) is 18.4 Å². The molecule has 1 aromatic rings. The van der Waals surface area contributed by atoms with Gasteiger partial charge < -0.3 is 10.4 Å². The maximum atomic E-state index is 12.0. The Morgan fingerprint density at radius 1 is 1.35 bits per heavy atom. The summed E-state index contributed by atoms with van der Waals surface area (Å²) in [5.41, 5.74) is 0.492. The van der Waals surface area contributed by atoms with E-state index in [9.17, 15) is 9.59 Å². The van der Waals surface area contributed by atoms with Gasteiger partial charge in [0.2, 0.25) is 0 Å². The maximum absolute atomic E-state index is 12.0. The zero-order valence-corrected chi connectivity index (χ0v) is 9.69. The van der Waals surface area contributed by atoms with Crippen molar-refractivity contribution in [1.29, 1.82) is 0 Å². The van der Waals surface area contributed by atoms with Crippen LogP contribution in [0.3, 0.4) is 0 Å². The Labute approximate surface area is 99.6 Å². The van der Waals surface area contributed by atoms with Gasteiger partial charge in [-0.1, -0.05) is 25.1 Å². The van der Waals surface area contributed by atoms with Crippen LogP contribution in [0.25, 0.3) is 0 Å². The highest BCUT2D eigenvalue weighted by Crippen LogP contribution is 2.35. The molecule has 1 amide bonds. The molecule has 0 unspecified atom stereocenters. The van der Waals surface area contributed by atoms with Gasteiger partial charge in [0.25, 0.3) is 5.91 Å². The highest BCUT2D eigenvalue weighted by atomic mass is 16.4. The molecule has 1 aliphatic carbocycles. The predicted molar refractivity (Wildman–Crippen MR) is 62.9 cm³/mol. The summed E-state index contributed by atoms with van der Waals surface area (Å²) in [6.07, 6.45) is 1.79. The fourth-order valence-corrected chi connectivity index (χ4v) is 1.85. The van der Waals surface area contributed by atoms with Crippen LogP contribution in [0.4, 0.5) is 0 Å². The van der Waals surface area contributed by atoms with Crippen molar-refractivity contribution in [2.75, 3.05) is 0 Å². The summed E-state index contributed by atoms with van der Waals surface area (Å²) in [5, 5.41) is 11.6. The molecule has 0 atom stereocenters. The summed E-state index contributed by atoms with van der Waals surface area (Å²) in [6.45, 7) is 1.97. The molecule has 1 aliphatic rings. The maximum Gasteiger partial charge on any atom is 0.329 e. The number of nitrogens with one attached hydrogen (secondary N) is 1. The third-order valence-electron chi connectivity index (χ3n) is 3.16. The van der Waals surface area contributed by atoms with Gasteiger partial charge >= 0.3 is 5.97 Å². The van der Waals surface area contributed by atoms with Gasteiger partial charge in [0.15, 0.2) is 0 Å². The van der Waals surface area contributed by atoms with E-state index in [2.05, 4.69) is 5.32 Å². The average molecular weight is 233 g/mol. The van der Waals surface area contributed by atoms with Crippen molar-refractivity contribution in [1.82, 2.24) is 5.32 Å². The van der Waals surface area contributed by atoms with Gasteiger partial charge in [-0.25, -0.2) is 4.79 Å². The summed E-state index contributed by atoms with van der Waals surface area (Å²) in [7, 11) is 0. The Kier molecular flexibility index (Phi) is 2.88. The zero-order valence-electron chi connectivity index (χ0n) is 9.69. The minimum absolute atomic E-state index is 0.289. The second-order valence-electron chi connectivity index (χ2n) is 4.35. The number of benzene rings is 1. The van der Waals surface area contributed by atoms with Crippen LogP contribution in [0, 0.1) is 0 Å². The molecule has 1 fully saturated rings. The molecule has 90 valence electrons. The summed E-state index contributed by atoms with van der Waals surface area (Å²) in [4.78, 5) is 23.0. The first-order chi connectivity index (χ1) is 8.09. The molecule has 0 radical (unpaired) electrons. The van der Waals surface area contributed by atoms with Crippen molar-refractivity contribution in [2.24, 2.45) is 0 Å². The number of carboxylic acids is 1. The molecule has 4 nitrogen and oxygen atoms in total. The van der Waals surface area contributed by atoms with Gasteiger partial charge in [-0.05, 0) is 30.9 Å². The Morgan fingerprint density at radius 3 is 2.53 bits per heavy atom. The second kappa shape index (κ2) is 4.20. The molecule has 0 saturated heterocycles. The molecule has 0 aliphatic heterocycles. The molecule has 0 heterocycles. The smallest absolute Gasteiger partial charge is 0.329 e. The number of amides is 1. The molecule has 0 aromatic heterocycles. The number of aliphatic carboxylic acids is 1. The summed E-state index contributed by atoms with van der Waals surface area (Å²) >= 11 is 0. The van der Waals surface area contributed by atoms with Gasteiger partial charge in [-0.3, -0.25) is 4.79 Å². The van der Waals surface area contributed by atoms with E-state index >= 15 is 0 Å². The molecular formula is C13H15NO3. The van der Waals surface area contributed by atoms with Crippen LogP contribution in [-0.2, 0) is 11.2 Å². The topological polar surface area (TPSA) is 66.4 Å². The largest absolute Gasteiger partial charge is 0.480 e. The molecule has 2 N–H and O–H groups in total. The molecule has 0 spiro atoms. The second-order valence-corrected chi connectivity index (χ2v) is 4.35. The van der Waals surface area contributed by atoms with Crippen molar-refractivity contribution >= 4 is 11.9 Å². The monoisotopic (exact) mass is 233 g/mol. The van der Waals surface area contributed by atoms with Gasteiger partial charge in [0.05, 0.1) is 0 Å². The van der Waals surface area contributed by atoms with Crippen LogP contribution >= 0.6 is 0 Å². The van der Waals surface area contributed by atoms with Crippen LogP contribution in [0.1, 0.15) is 35.7 Å². The minimum Gasteiger partial charge on any atom is -0.480 e. The Hall–Kier alpha value is -1.84. The molecular weight excluding hydrogens is 218 g/mol. The summed E-state index contributed by atoms with van der Waals surface area (Å²) in [5.74, 6) is -1.23. The van der Waals surface area contributed by atoms with Gasteiger partial charge in [-0.2, -0.15) is 0 Å². The molecule has 2 rings (SSSR count). The first-order valence-electron chi connectivity index (χ1n) is 5.73. The molecule has 1 saturated carbocycles. The first-order valence-corrected chi connectivity index (χ1v) is 5.73. The van der Waals surface area contributed by atoms with E-state index in [1.54, 1.807) is 12.1 Å². The van der Waals surface area contributed by atoms with Crippen LogP contribution in [0.5, 0.6) is 0 Å². The Balaban J connectivity index is 2.18. The SMILES string of the molecule is CCc1ccccc1C(=O)NC1(C(=O)O)CC1. The Bertz CT molecular complexity index is 463. The van der Waals surface area contributed by atoms with Gasteiger partial charge in [0.1, 0.15) is 5.54 Å². The highest BCUT2D eigenvalue weighted by molar-refractivity contribution is 5.99. The van der Waals surface area contributed by atoms with E-state index in [0.717, 1.165) is 12.0 Å². The first kappa shape index (κ1) is 11.6. The Morgan fingerprint density at radius 2 is 2.00 bits per heavy atom. The number of hydrogen-bond acceptors (Lipinski definition) is 2. The standard InChI is InChI=1S/C13H15NO3/c1-2-9-5-3-4-6-10(9)11(15)14-13(7-8-13)12(16)17/h3-6H,2,7-8H2,1H3,(H,14,15)(H,16,17). The third kappa shape index (κ3) is 2.16. The van der Waals surface area contributed by atoms with Gasteiger partial charge in [-0.15, -0.1) is 0 Å². The molecule has 4 heteroatoms. The van der Waals surface area contributed by atoms with Crippen LogP contribution in [0.15, 0.2) is 24.3 Å². The lowest BCUT2D eigenvalue weighted by Crippen LogP contribution is -2.43. The van der Waals surface area contributed by atoms with Crippen molar-refractivity contribution in [2.45, 2.75) is 31.7 Å². The summed E-state index contributed by atoms with van der Waals surface area (Å²) in [6, 6.07) is 7.27. The van der Waals surface area contributed by atoms with Gasteiger partial charge in [0, 0.05) is 5.56 Å². The van der Waals surface area contributed by atoms with E-state index in [1.807, 2.05) is 19.1 Å². The molecule has 0 bridgehead atoms. The minimum atomic E-state index is -1.02. The van der Waals surface area contributed by atoms with E-state index < -0.39 is 11.5 Å². The molecule has 1 aromatic carbocycles. The zero-order chi connectivity index (χ0) is 12.5. The van der Waals surface area contributed by atoms with E-state index in [4.69, 9.17) is 5.11 Å². The number of rotatable bonds is 4. The van der Waals surface area contributed by atoms with Crippen molar-refractivity contribution in [3.8, 4) is 0 Å². The van der Waals surface area contributed by atoms with E-state index in [-0.39, 0.29) is 5.91 Å². The summed E-state index contributed by atoms with van der Waals surface area (Å²) < 4.78 is 0. The lowest BCUT2D eigenvalue weighted by molar-refractivity contribution is -0.140. The number of aryl methyl sites for hydroxylation is 1. The van der Waals surface area contributed by atoms with E-state index in [1.165, 1.54) is 0 Å². The van der Waals surface area contributed by atoms with Crippen molar-refractivity contribution < 1.29 is 14.7 Å². The fraction of sp³-hybridized carbons (Fsp3) is 0.385. The number of hydrogen-bond donors (Lipinski definition) is 2. The van der Waals surface area contributed by atoms with Crippen LogP contribution < -0.4 is 5.32 Å². The fourth-order valence-electron chi connectivity index (χ4n) is 1.85. The third-order valence-corrected chi connectivity index (χ3v) is 3.16. The highest BCUT2D eigenvalue weighted by Gasteiger charge is 2.51. The number of carboxylic acid groups (broad SMARTS) is 1. The lowest BCUT2D eigenvalue weighted by atomic mass is 10.0. The average Bonchev–Trinajstić information content (AvgIpc) is 3.10. The predicted octanol–water partition coefficient (Wildman–Crippen LogP) is 1.60. The van der Waals surface area contributed by atoms with Crippen LogP contribution in [0.2, 0.25) is 0 Å². The number of carbonyl (C=O) groups is 2. The lowest BCUT2D eigenvalue weighted by Gasteiger charge is -2.14. The molecule has 17 heavy (non-hydrogen) atoms. The normalized spacial score (nSPS) is 16.3. The number of carbonyl (C=O) groups excluding carboxylic acids is 1. The quantitative estimate of drug-likeness (QED) is 0.830.